The molecule has 1 heterocycles. The molecule has 0 atom stereocenters. The van der Waals surface area contributed by atoms with Gasteiger partial charge in [-0.1, -0.05) is 0 Å². The first kappa shape index (κ1) is 15.6. The number of halogens is 1. The molecule has 94 valence electrons. The zero-order valence-corrected chi connectivity index (χ0v) is 10.9. The average molecular weight is 268 g/mol. The van der Waals surface area contributed by atoms with Gasteiger partial charge in [0.05, 0.1) is 13.2 Å². The van der Waals surface area contributed by atoms with Crippen molar-refractivity contribution in [1.82, 2.24) is 9.88 Å². The second-order valence-electron chi connectivity index (χ2n) is 3.16. The van der Waals surface area contributed by atoms with E-state index >= 15 is 0 Å². The molecule has 1 aromatic rings. The zero-order chi connectivity index (χ0) is 11.1. The molecule has 1 aromatic heterocycles. The molecule has 0 aliphatic heterocycles. The number of ether oxygens (including phenoxy) is 1. The smallest absolute Gasteiger partial charge is 0.180 e. The number of nitrogens with zero attached hydrogens (tertiary/aromatic N) is 2. The molecule has 0 aliphatic carbocycles. The van der Waals surface area contributed by atoms with Crippen molar-refractivity contribution in [2.24, 2.45) is 0 Å². The molecule has 5 nitrogen and oxygen atoms in total. The first-order valence-corrected chi connectivity index (χ1v) is 5.60. The first-order chi connectivity index (χ1) is 7.26. The van der Waals surface area contributed by atoms with Crippen LogP contribution in [0.4, 0.5) is 5.13 Å². The monoisotopic (exact) mass is 267 g/mol. The van der Waals surface area contributed by atoms with E-state index in [9.17, 15) is 0 Å². The Morgan fingerprint density at radius 3 is 2.81 bits per heavy atom. The highest BCUT2D eigenvalue weighted by Crippen LogP contribution is 2.16. The van der Waals surface area contributed by atoms with E-state index in [0.717, 1.165) is 18.0 Å². The van der Waals surface area contributed by atoms with Crippen molar-refractivity contribution in [3.05, 3.63) is 11.1 Å². The second kappa shape index (κ2) is 8.72. The fourth-order valence-electron chi connectivity index (χ4n) is 1.25. The quantitative estimate of drug-likeness (QED) is 0.757. The van der Waals surface area contributed by atoms with Crippen LogP contribution >= 0.6 is 23.7 Å². The molecule has 0 amide bonds. The van der Waals surface area contributed by atoms with Crippen molar-refractivity contribution < 1.29 is 9.84 Å². The minimum atomic E-state index is 0. The number of rotatable bonds is 7. The third-order valence-electron chi connectivity index (χ3n) is 1.98. The van der Waals surface area contributed by atoms with Gasteiger partial charge in [-0.05, 0) is 0 Å². The fourth-order valence-corrected chi connectivity index (χ4v) is 1.97. The molecule has 7 heteroatoms. The molecule has 0 bridgehead atoms. The molecule has 0 saturated carbocycles. The Morgan fingerprint density at radius 1 is 1.56 bits per heavy atom. The van der Waals surface area contributed by atoms with Gasteiger partial charge < -0.3 is 15.6 Å². The maximum Gasteiger partial charge on any atom is 0.180 e. The van der Waals surface area contributed by atoms with E-state index in [1.54, 1.807) is 13.3 Å². The van der Waals surface area contributed by atoms with Gasteiger partial charge in [0.2, 0.25) is 0 Å². The summed E-state index contributed by atoms with van der Waals surface area (Å²) in [4.78, 5) is 7.20. The summed E-state index contributed by atoms with van der Waals surface area (Å²) in [5.41, 5.74) is 5.54. The molecule has 0 aliphatic rings. The topological polar surface area (TPSA) is 71.6 Å². The van der Waals surface area contributed by atoms with Gasteiger partial charge >= 0.3 is 0 Å². The maximum absolute atomic E-state index is 8.90. The molecule has 0 spiro atoms. The predicted molar refractivity (Wildman–Crippen MR) is 68.0 cm³/mol. The van der Waals surface area contributed by atoms with Gasteiger partial charge in [0, 0.05) is 37.8 Å². The lowest BCUT2D eigenvalue weighted by molar-refractivity contribution is 0.127. The van der Waals surface area contributed by atoms with E-state index in [2.05, 4.69) is 9.88 Å². The van der Waals surface area contributed by atoms with Crippen LogP contribution in [-0.4, -0.2) is 48.4 Å². The van der Waals surface area contributed by atoms with Crippen LogP contribution in [0.1, 0.15) is 4.88 Å². The van der Waals surface area contributed by atoms with E-state index in [4.69, 9.17) is 15.6 Å². The van der Waals surface area contributed by atoms with Crippen LogP contribution in [0.25, 0.3) is 0 Å². The zero-order valence-electron chi connectivity index (χ0n) is 9.26. The van der Waals surface area contributed by atoms with Crippen molar-refractivity contribution in [2.45, 2.75) is 6.54 Å². The van der Waals surface area contributed by atoms with E-state index < -0.39 is 0 Å². The molecule has 1 rings (SSSR count). The number of hydrogen-bond acceptors (Lipinski definition) is 6. The fraction of sp³-hybridized carbons (Fsp3) is 0.667. The molecular formula is C9H18ClN3O2S. The molecule has 0 radical (unpaired) electrons. The standard InChI is InChI=1S/C9H17N3O2S.ClH/c1-14-5-3-12(2-4-13)7-8-6-11-9(10)15-8;/h6,13H,2-5,7H2,1H3,(H2,10,11);1H. The van der Waals surface area contributed by atoms with Gasteiger partial charge in [-0.15, -0.1) is 23.7 Å². The lowest BCUT2D eigenvalue weighted by atomic mass is 10.4. The number of methoxy groups -OCH3 is 1. The molecule has 0 unspecified atom stereocenters. The summed E-state index contributed by atoms with van der Waals surface area (Å²) < 4.78 is 5.00. The van der Waals surface area contributed by atoms with Crippen molar-refractivity contribution in [3.8, 4) is 0 Å². The SMILES string of the molecule is COCCN(CCO)Cc1cnc(N)s1.Cl. The van der Waals surface area contributed by atoms with Crippen LogP contribution < -0.4 is 5.73 Å². The van der Waals surface area contributed by atoms with Crippen LogP contribution in [0.15, 0.2) is 6.20 Å². The highest BCUT2D eigenvalue weighted by molar-refractivity contribution is 7.15. The number of anilines is 1. The molecule has 16 heavy (non-hydrogen) atoms. The number of nitrogens with two attached hydrogens (primary N) is 1. The maximum atomic E-state index is 8.90. The Labute approximate surface area is 106 Å². The number of aliphatic hydroxyl groups is 1. The number of aliphatic hydroxyl groups excluding tert-OH is 1. The minimum absolute atomic E-state index is 0. The van der Waals surface area contributed by atoms with E-state index in [0.29, 0.717) is 18.3 Å². The van der Waals surface area contributed by atoms with E-state index in [1.807, 2.05) is 0 Å². The third kappa shape index (κ3) is 5.62. The van der Waals surface area contributed by atoms with Gasteiger partial charge in [0.15, 0.2) is 5.13 Å². The predicted octanol–water partition coefficient (Wildman–Crippen LogP) is 0.588. The molecule has 3 N–H and O–H groups in total. The van der Waals surface area contributed by atoms with Gasteiger partial charge in [0.25, 0.3) is 0 Å². The van der Waals surface area contributed by atoms with Crippen molar-refractivity contribution >= 4 is 28.9 Å². The van der Waals surface area contributed by atoms with Crippen LogP contribution in [-0.2, 0) is 11.3 Å². The summed E-state index contributed by atoms with van der Waals surface area (Å²) in [5, 5.41) is 9.48. The summed E-state index contributed by atoms with van der Waals surface area (Å²) in [5.74, 6) is 0. The summed E-state index contributed by atoms with van der Waals surface area (Å²) in [6.07, 6.45) is 1.77. The van der Waals surface area contributed by atoms with Crippen molar-refractivity contribution in [1.29, 1.82) is 0 Å². The van der Waals surface area contributed by atoms with E-state index in [-0.39, 0.29) is 19.0 Å². The highest BCUT2D eigenvalue weighted by Gasteiger charge is 2.07. The molecule has 0 fully saturated rings. The summed E-state index contributed by atoms with van der Waals surface area (Å²) in [6, 6.07) is 0. The largest absolute Gasteiger partial charge is 0.395 e. The first-order valence-electron chi connectivity index (χ1n) is 4.78. The van der Waals surface area contributed by atoms with Gasteiger partial charge in [0.1, 0.15) is 0 Å². The summed E-state index contributed by atoms with van der Waals surface area (Å²) in [7, 11) is 1.67. The van der Waals surface area contributed by atoms with Gasteiger partial charge in [-0.3, -0.25) is 4.90 Å². The van der Waals surface area contributed by atoms with Crippen LogP contribution in [0, 0.1) is 0 Å². The Morgan fingerprint density at radius 2 is 2.31 bits per heavy atom. The summed E-state index contributed by atoms with van der Waals surface area (Å²) >= 11 is 1.48. The van der Waals surface area contributed by atoms with Crippen LogP contribution in [0.5, 0.6) is 0 Å². The molecule has 0 aromatic carbocycles. The normalized spacial score (nSPS) is 10.4. The highest BCUT2D eigenvalue weighted by atomic mass is 35.5. The van der Waals surface area contributed by atoms with Crippen molar-refractivity contribution in [3.63, 3.8) is 0 Å². The van der Waals surface area contributed by atoms with Crippen LogP contribution in [0.3, 0.4) is 0 Å². The Kier molecular flexibility index (Phi) is 8.50. The number of thiazole rings is 1. The number of hydrogen-bond donors (Lipinski definition) is 2. The lowest BCUT2D eigenvalue weighted by Crippen LogP contribution is -2.29. The Bertz CT molecular complexity index is 285. The molecule has 0 saturated heterocycles. The second-order valence-corrected chi connectivity index (χ2v) is 4.30. The minimum Gasteiger partial charge on any atom is -0.395 e. The Hall–Kier alpha value is -0.400. The van der Waals surface area contributed by atoms with Crippen LogP contribution in [0.2, 0.25) is 0 Å². The number of aromatic nitrogens is 1. The summed E-state index contributed by atoms with van der Waals surface area (Å²) in [6.45, 7) is 3.01. The lowest BCUT2D eigenvalue weighted by Gasteiger charge is -2.19. The molecular weight excluding hydrogens is 250 g/mol. The van der Waals surface area contributed by atoms with Gasteiger partial charge in [-0.2, -0.15) is 0 Å². The average Bonchev–Trinajstić information content (AvgIpc) is 2.61. The Balaban J connectivity index is 0.00000225. The number of nitrogen functional groups attached to an aromatic ring is 1. The van der Waals surface area contributed by atoms with E-state index in [1.165, 1.54) is 11.3 Å². The van der Waals surface area contributed by atoms with Gasteiger partial charge in [-0.25, -0.2) is 4.98 Å². The van der Waals surface area contributed by atoms with Crippen molar-refractivity contribution in [2.75, 3.05) is 39.1 Å². The third-order valence-corrected chi connectivity index (χ3v) is 2.79.